The molecule has 0 bridgehead atoms. The predicted molar refractivity (Wildman–Crippen MR) is 145 cm³/mol. The molecule has 1 aliphatic heterocycles. The van der Waals surface area contributed by atoms with Crippen molar-refractivity contribution < 1.29 is 38.1 Å². The minimum Gasteiger partial charge on any atom is -0.461 e. The first-order valence-electron chi connectivity index (χ1n) is 14.3. The van der Waals surface area contributed by atoms with Crippen LogP contribution >= 0.6 is 0 Å². The topological polar surface area (TPSA) is 108 Å². The van der Waals surface area contributed by atoms with Crippen LogP contribution in [-0.4, -0.2) is 53.7 Å². The Balaban J connectivity index is 1.61. The molecule has 1 heterocycles. The Kier molecular flexibility index (Phi) is 7.22. The fourth-order valence-electron chi connectivity index (χ4n) is 7.55. The summed E-state index contributed by atoms with van der Waals surface area (Å²) in [7, 11) is 0. The van der Waals surface area contributed by atoms with Crippen LogP contribution in [-0.2, 0) is 44.5 Å². The summed E-state index contributed by atoms with van der Waals surface area (Å²) in [6, 6.07) is 9.25. The molecule has 8 heteroatoms. The second-order valence-electron chi connectivity index (χ2n) is 12.9. The van der Waals surface area contributed by atoms with Crippen LogP contribution in [0.1, 0.15) is 66.4 Å². The van der Waals surface area contributed by atoms with E-state index in [2.05, 4.69) is 13.8 Å². The van der Waals surface area contributed by atoms with Gasteiger partial charge in [0.15, 0.2) is 5.60 Å². The smallest absolute Gasteiger partial charge is 0.310 e. The molecule has 5 rings (SSSR count). The number of carbonyl (C=O) groups is 4. The summed E-state index contributed by atoms with van der Waals surface area (Å²) in [6.07, 6.45) is 1.85. The lowest BCUT2D eigenvalue weighted by atomic mass is 9.74. The Morgan fingerprint density at radius 2 is 1.73 bits per heavy atom. The van der Waals surface area contributed by atoms with Crippen LogP contribution in [0.15, 0.2) is 42.0 Å². The number of ketones is 1. The summed E-state index contributed by atoms with van der Waals surface area (Å²) >= 11 is 0. The van der Waals surface area contributed by atoms with E-state index >= 15 is 0 Å². The number of ether oxygens (including phenoxy) is 4. The molecular weight excluding hydrogens is 512 g/mol. The fraction of sp³-hybridized carbons (Fsp3) is 0.625. The number of allylic oxidation sites excluding steroid dienone is 1. The Hall–Kier alpha value is -3.00. The van der Waals surface area contributed by atoms with E-state index < -0.39 is 47.2 Å². The lowest BCUT2D eigenvalue weighted by molar-refractivity contribution is -0.190. The highest BCUT2D eigenvalue weighted by atomic mass is 16.6. The summed E-state index contributed by atoms with van der Waals surface area (Å²) in [5.41, 5.74) is -1.22. The maximum absolute atomic E-state index is 14.5. The molecule has 0 radical (unpaired) electrons. The van der Waals surface area contributed by atoms with E-state index in [4.69, 9.17) is 18.9 Å². The van der Waals surface area contributed by atoms with Crippen molar-refractivity contribution in [1.29, 1.82) is 0 Å². The molecule has 1 saturated heterocycles. The van der Waals surface area contributed by atoms with Crippen LogP contribution in [0.25, 0.3) is 0 Å². The van der Waals surface area contributed by atoms with Gasteiger partial charge in [-0.3, -0.25) is 19.2 Å². The van der Waals surface area contributed by atoms with Crippen molar-refractivity contribution >= 4 is 23.7 Å². The number of epoxide rings is 1. The van der Waals surface area contributed by atoms with Gasteiger partial charge in [-0.15, -0.1) is 0 Å². The molecule has 216 valence electrons. The van der Waals surface area contributed by atoms with E-state index in [1.54, 1.807) is 6.92 Å². The van der Waals surface area contributed by atoms with E-state index in [0.717, 1.165) is 12.0 Å². The minimum absolute atomic E-state index is 0.0141. The predicted octanol–water partition coefficient (Wildman–Crippen LogP) is 4.38. The van der Waals surface area contributed by atoms with Crippen molar-refractivity contribution in [1.82, 2.24) is 0 Å². The molecule has 1 aromatic carbocycles. The number of rotatable bonds is 5. The molecule has 3 aliphatic carbocycles. The number of hydrogen-bond acceptors (Lipinski definition) is 8. The van der Waals surface area contributed by atoms with Crippen LogP contribution in [0, 0.1) is 29.1 Å². The molecule has 0 N–H and O–H groups in total. The monoisotopic (exact) mass is 552 g/mol. The Morgan fingerprint density at radius 1 is 1.05 bits per heavy atom. The molecule has 3 fully saturated rings. The molecule has 4 aliphatic rings. The van der Waals surface area contributed by atoms with Gasteiger partial charge in [-0.25, -0.2) is 0 Å². The Bertz CT molecular complexity index is 1230. The third-order valence-corrected chi connectivity index (χ3v) is 9.71. The number of hydrogen-bond donors (Lipinski definition) is 0. The van der Waals surface area contributed by atoms with Gasteiger partial charge < -0.3 is 18.9 Å². The Morgan fingerprint density at radius 3 is 2.33 bits per heavy atom. The fourth-order valence-corrected chi connectivity index (χ4v) is 7.55. The number of esters is 3. The average Bonchev–Trinajstić information content (AvgIpc) is 3.73. The molecule has 0 aromatic heterocycles. The molecule has 40 heavy (non-hydrogen) atoms. The number of benzene rings is 1. The zero-order valence-corrected chi connectivity index (χ0v) is 24.2. The van der Waals surface area contributed by atoms with Gasteiger partial charge in [-0.05, 0) is 54.1 Å². The summed E-state index contributed by atoms with van der Waals surface area (Å²) in [4.78, 5) is 52.9. The summed E-state index contributed by atoms with van der Waals surface area (Å²) in [6.45, 7) is 11.0. The third kappa shape index (κ3) is 5.00. The first-order chi connectivity index (χ1) is 18.8. The van der Waals surface area contributed by atoms with Crippen molar-refractivity contribution in [3.8, 4) is 0 Å². The third-order valence-electron chi connectivity index (χ3n) is 9.71. The molecule has 1 unspecified atom stereocenters. The zero-order chi connectivity index (χ0) is 29.0. The number of Topliss-reactive ketones (excluding diaryl/α,β-unsaturated/α-hetero) is 1. The molecule has 0 amide bonds. The van der Waals surface area contributed by atoms with E-state index in [1.807, 2.05) is 43.3 Å². The van der Waals surface area contributed by atoms with E-state index in [1.165, 1.54) is 13.8 Å². The quantitative estimate of drug-likeness (QED) is 0.301. The van der Waals surface area contributed by atoms with Crippen molar-refractivity contribution in [2.75, 3.05) is 6.61 Å². The van der Waals surface area contributed by atoms with E-state index in [0.29, 0.717) is 24.5 Å². The molecule has 8 nitrogen and oxygen atoms in total. The number of carbonyl (C=O) groups excluding carboxylic acids is 4. The largest absolute Gasteiger partial charge is 0.461 e. The van der Waals surface area contributed by atoms with Crippen LogP contribution in [0.2, 0.25) is 0 Å². The van der Waals surface area contributed by atoms with Crippen molar-refractivity contribution in [2.24, 2.45) is 29.1 Å². The lowest BCUT2D eigenvalue weighted by Gasteiger charge is -2.41. The van der Waals surface area contributed by atoms with Gasteiger partial charge in [0.05, 0.1) is 18.9 Å². The maximum Gasteiger partial charge on any atom is 0.310 e. The minimum atomic E-state index is -1.68. The molecule has 8 atom stereocenters. The van der Waals surface area contributed by atoms with E-state index in [9.17, 15) is 19.2 Å². The maximum atomic E-state index is 14.5. The first kappa shape index (κ1) is 28.5. The molecule has 1 aromatic rings. The highest BCUT2D eigenvalue weighted by Gasteiger charge is 2.71. The highest BCUT2D eigenvalue weighted by Crippen LogP contribution is 2.64. The standard InChI is InChI=1S/C32H40O8/c1-18-14-24-23(30(24,5)6)12-13-31(17-37-31)29(38-20(3)33)26-27(39-25(35)15-22-10-8-7-9-11-22)19(2)16-32(26,28(18)36)40-21(4)34/h7-11,14,19,23-24,26-27,29H,12-13,15-17H2,1-6H3/t19-,23-,24+,26+,27-,29?,31-,32+/m0/s1. The van der Waals surface area contributed by atoms with Crippen molar-refractivity contribution in [3.05, 3.63) is 47.5 Å². The van der Waals surface area contributed by atoms with Gasteiger partial charge in [-0.2, -0.15) is 0 Å². The molecule has 1 spiro atoms. The SMILES string of the molecule is CC(=O)OC1[C@H]2[C@@H](OC(=O)Cc3ccccc3)[C@@H](C)C[C@]2(OC(C)=O)C(=O)C(C)=C[C@@H]2[C@H](CC[C@]13CO3)C2(C)C. The van der Waals surface area contributed by atoms with Gasteiger partial charge in [0.1, 0.15) is 17.8 Å². The summed E-state index contributed by atoms with van der Waals surface area (Å²) in [5, 5.41) is 0. The zero-order valence-electron chi connectivity index (χ0n) is 24.2. The summed E-state index contributed by atoms with van der Waals surface area (Å²) < 4.78 is 24.2. The average molecular weight is 553 g/mol. The van der Waals surface area contributed by atoms with Crippen LogP contribution in [0.5, 0.6) is 0 Å². The van der Waals surface area contributed by atoms with E-state index in [-0.39, 0.29) is 35.9 Å². The lowest BCUT2D eigenvalue weighted by Crippen LogP contribution is -2.58. The van der Waals surface area contributed by atoms with Gasteiger partial charge in [0.2, 0.25) is 5.78 Å². The van der Waals surface area contributed by atoms with Crippen LogP contribution in [0.4, 0.5) is 0 Å². The van der Waals surface area contributed by atoms with Gasteiger partial charge in [0, 0.05) is 20.3 Å². The normalized spacial score (nSPS) is 37.8. The van der Waals surface area contributed by atoms with Gasteiger partial charge >= 0.3 is 17.9 Å². The van der Waals surface area contributed by atoms with Crippen LogP contribution in [0.3, 0.4) is 0 Å². The molecule has 2 saturated carbocycles. The van der Waals surface area contributed by atoms with Gasteiger partial charge in [0.25, 0.3) is 0 Å². The highest BCUT2D eigenvalue weighted by molar-refractivity contribution is 6.03. The second-order valence-corrected chi connectivity index (χ2v) is 12.9. The number of fused-ring (bicyclic) bond motifs is 2. The first-order valence-corrected chi connectivity index (χ1v) is 14.3. The second kappa shape index (κ2) is 10.1. The van der Waals surface area contributed by atoms with Crippen LogP contribution < -0.4 is 0 Å². The molecular formula is C32H40O8. The van der Waals surface area contributed by atoms with Crippen molar-refractivity contribution in [3.63, 3.8) is 0 Å². The Labute approximate surface area is 235 Å². The summed E-state index contributed by atoms with van der Waals surface area (Å²) in [5.74, 6) is -2.72. The van der Waals surface area contributed by atoms with Gasteiger partial charge in [-0.1, -0.05) is 57.2 Å². The van der Waals surface area contributed by atoms with Crippen molar-refractivity contribution in [2.45, 2.75) is 90.6 Å².